The summed E-state index contributed by atoms with van der Waals surface area (Å²) in [7, 11) is 1.42. The maximum absolute atomic E-state index is 14.6. The maximum atomic E-state index is 14.6. The molecule has 1 aliphatic carbocycles. The number of carbonyl (C=O) groups is 2. The third-order valence-electron chi connectivity index (χ3n) is 9.10. The SMILES string of the molecule is COC(=O)C(Cc1ccccc1)N1C(C(c2ccccc2)c2ccccc2)=NC(c2ccccc2)C1C(=O)NC1CCCCC1. The van der Waals surface area contributed by atoms with Crippen molar-refractivity contribution in [3.8, 4) is 0 Å². The average molecular weight is 600 g/mol. The predicted molar refractivity (Wildman–Crippen MR) is 178 cm³/mol. The fourth-order valence-electron chi connectivity index (χ4n) is 6.91. The van der Waals surface area contributed by atoms with Gasteiger partial charge in [0, 0.05) is 12.5 Å². The average Bonchev–Trinajstić information content (AvgIpc) is 3.49. The van der Waals surface area contributed by atoms with Crippen LogP contribution >= 0.6 is 0 Å². The van der Waals surface area contributed by atoms with Crippen LogP contribution in [0.2, 0.25) is 0 Å². The smallest absolute Gasteiger partial charge is 0.328 e. The van der Waals surface area contributed by atoms with Crippen molar-refractivity contribution >= 4 is 17.7 Å². The van der Waals surface area contributed by atoms with E-state index in [1.807, 2.05) is 102 Å². The number of amidine groups is 1. The van der Waals surface area contributed by atoms with Crippen LogP contribution in [0.3, 0.4) is 0 Å². The molecule has 0 aromatic heterocycles. The highest BCUT2D eigenvalue weighted by Crippen LogP contribution is 2.41. The van der Waals surface area contributed by atoms with Crippen molar-refractivity contribution in [1.29, 1.82) is 0 Å². The van der Waals surface area contributed by atoms with Gasteiger partial charge in [0.05, 0.1) is 13.0 Å². The molecule has 4 aromatic carbocycles. The molecule has 3 atom stereocenters. The van der Waals surface area contributed by atoms with Gasteiger partial charge in [-0.2, -0.15) is 0 Å². The van der Waals surface area contributed by atoms with Crippen LogP contribution in [0.15, 0.2) is 126 Å². The van der Waals surface area contributed by atoms with Crippen molar-refractivity contribution in [1.82, 2.24) is 10.2 Å². The van der Waals surface area contributed by atoms with E-state index in [-0.39, 0.29) is 17.9 Å². The second-order valence-corrected chi connectivity index (χ2v) is 12.0. The Kier molecular flexibility index (Phi) is 9.69. The highest BCUT2D eigenvalue weighted by Gasteiger charge is 2.49. The third kappa shape index (κ3) is 6.85. The lowest BCUT2D eigenvalue weighted by molar-refractivity contribution is -0.146. The van der Waals surface area contributed by atoms with E-state index >= 15 is 0 Å². The van der Waals surface area contributed by atoms with Crippen LogP contribution in [0.5, 0.6) is 0 Å². The number of hydrogen-bond donors (Lipinski definition) is 1. The third-order valence-corrected chi connectivity index (χ3v) is 9.10. The van der Waals surface area contributed by atoms with E-state index in [4.69, 9.17) is 9.73 Å². The number of amides is 1. The molecule has 0 spiro atoms. The number of carbonyl (C=O) groups excluding carboxylic acids is 2. The molecule has 1 heterocycles. The fraction of sp³-hybridized carbons (Fsp3) is 0.308. The summed E-state index contributed by atoms with van der Waals surface area (Å²) in [4.78, 5) is 36.0. The summed E-state index contributed by atoms with van der Waals surface area (Å²) in [5.74, 6) is -0.114. The lowest BCUT2D eigenvalue weighted by Gasteiger charge is -2.38. The molecule has 1 N–H and O–H groups in total. The van der Waals surface area contributed by atoms with Gasteiger partial charge in [-0.3, -0.25) is 9.79 Å². The lowest BCUT2D eigenvalue weighted by atomic mass is 9.88. The first kappa shape index (κ1) is 30.3. The molecule has 6 rings (SSSR count). The van der Waals surface area contributed by atoms with E-state index in [2.05, 4.69) is 29.6 Å². The highest BCUT2D eigenvalue weighted by molar-refractivity contribution is 6.01. The molecular weight excluding hydrogens is 558 g/mol. The minimum atomic E-state index is -0.776. The second-order valence-electron chi connectivity index (χ2n) is 12.0. The van der Waals surface area contributed by atoms with E-state index in [0.29, 0.717) is 12.3 Å². The molecule has 1 fully saturated rings. The Morgan fingerprint density at radius 1 is 0.778 bits per heavy atom. The molecule has 1 aliphatic heterocycles. The Morgan fingerprint density at radius 2 is 1.31 bits per heavy atom. The zero-order chi connectivity index (χ0) is 31.0. The Hall–Kier alpha value is -4.71. The van der Waals surface area contributed by atoms with Gasteiger partial charge in [-0.1, -0.05) is 141 Å². The molecular formula is C39H41N3O3. The molecule has 0 radical (unpaired) electrons. The number of nitrogens with zero attached hydrogens (tertiary/aromatic N) is 2. The lowest BCUT2D eigenvalue weighted by Crippen LogP contribution is -2.57. The summed E-state index contributed by atoms with van der Waals surface area (Å²) in [6.07, 6.45) is 5.70. The first-order chi connectivity index (χ1) is 22.1. The van der Waals surface area contributed by atoms with Crippen LogP contribution in [0.4, 0.5) is 0 Å². The molecule has 3 unspecified atom stereocenters. The van der Waals surface area contributed by atoms with Gasteiger partial charge in [-0.05, 0) is 35.1 Å². The number of hydrogen-bond acceptors (Lipinski definition) is 5. The van der Waals surface area contributed by atoms with Crippen LogP contribution in [-0.4, -0.2) is 47.8 Å². The summed E-state index contributed by atoms with van der Waals surface area (Å²) in [5, 5.41) is 3.40. The monoisotopic (exact) mass is 599 g/mol. The zero-order valence-electron chi connectivity index (χ0n) is 25.8. The van der Waals surface area contributed by atoms with Crippen molar-refractivity contribution < 1.29 is 14.3 Å². The van der Waals surface area contributed by atoms with Gasteiger partial charge in [0.2, 0.25) is 5.91 Å². The summed E-state index contributed by atoms with van der Waals surface area (Å²) < 4.78 is 5.49. The zero-order valence-corrected chi connectivity index (χ0v) is 25.8. The van der Waals surface area contributed by atoms with Crippen LogP contribution in [0.25, 0.3) is 0 Å². The number of ether oxygens (including phenoxy) is 1. The van der Waals surface area contributed by atoms with E-state index in [0.717, 1.165) is 47.9 Å². The van der Waals surface area contributed by atoms with Gasteiger partial charge in [0.25, 0.3) is 0 Å². The van der Waals surface area contributed by atoms with Gasteiger partial charge in [-0.25, -0.2) is 4.79 Å². The van der Waals surface area contributed by atoms with Gasteiger partial charge in [0.1, 0.15) is 24.0 Å². The molecule has 0 saturated heterocycles. The van der Waals surface area contributed by atoms with Gasteiger partial charge < -0.3 is 15.0 Å². The number of rotatable bonds is 10. The molecule has 0 bridgehead atoms. The summed E-state index contributed by atoms with van der Waals surface area (Å²) in [6.45, 7) is 0. The molecule has 230 valence electrons. The van der Waals surface area contributed by atoms with Gasteiger partial charge in [-0.15, -0.1) is 0 Å². The van der Waals surface area contributed by atoms with Crippen LogP contribution in [0, 0.1) is 0 Å². The number of esters is 1. The van der Waals surface area contributed by atoms with E-state index < -0.39 is 24.1 Å². The number of nitrogens with one attached hydrogen (secondary N) is 1. The largest absolute Gasteiger partial charge is 0.467 e. The maximum Gasteiger partial charge on any atom is 0.328 e. The second kappa shape index (κ2) is 14.4. The van der Waals surface area contributed by atoms with Crippen LogP contribution < -0.4 is 5.32 Å². The van der Waals surface area contributed by atoms with Crippen molar-refractivity contribution in [2.24, 2.45) is 4.99 Å². The molecule has 6 nitrogen and oxygen atoms in total. The highest BCUT2D eigenvalue weighted by atomic mass is 16.5. The quantitative estimate of drug-likeness (QED) is 0.202. The standard InChI is InChI=1S/C39H41N3O3/c1-45-39(44)33(27-28-17-7-2-8-18-28)42-36(38(43)40-32-25-15-6-16-26-32)35(31-23-13-5-14-24-31)41-37(42)34(29-19-9-3-10-20-29)30-21-11-4-12-22-30/h2-5,7-14,17-24,32-36H,6,15-16,25-27H2,1H3,(H,40,43). The molecule has 4 aromatic rings. The molecule has 2 aliphatic rings. The summed E-state index contributed by atoms with van der Waals surface area (Å²) in [6, 6.07) is 38.5. The van der Waals surface area contributed by atoms with Crippen molar-refractivity contribution in [2.75, 3.05) is 7.11 Å². The Morgan fingerprint density at radius 3 is 1.87 bits per heavy atom. The predicted octanol–water partition coefficient (Wildman–Crippen LogP) is 6.88. The minimum absolute atomic E-state index is 0.101. The minimum Gasteiger partial charge on any atom is -0.467 e. The van der Waals surface area contributed by atoms with Crippen molar-refractivity contribution in [3.63, 3.8) is 0 Å². The van der Waals surface area contributed by atoms with Crippen LogP contribution in [0.1, 0.15) is 66.3 Å². The Bertz CT molecular complexity index is 1530. The van der Waals surface area contributed by atoms with E-state index in [9.17, 15) is 9.59 Å². The first-order valence-corrected chi connectivity index (χ1v) is 16.1. The molecule has 6 heteroatoms. The molecule has 45 heavy (non-hydrogen) atoms. The van der Waals surface area contributed by atoms with Crippen molar-refractivity contribution in [2.45, 2.75) is 68.6 Å². The number of methoxy groups -OCH3 is 1. The fourth-order valence-corrected chi connectivity index (χ4v) is 6.91. The Balaban J connectivity index is 1.54. The van der Waals surface area contributed by atoms with Crippen molar-refractivity contribution in [3.05, 3.63) is 144 Å². The normalized spacial score (nSPS) is 19.2. The van der Waals surface area contributed by atoms with E-state index in [1.165, 1.54) is 13.5 Å². The number of aliphatic imine (C=N–C) groups is 1. The van der Waals surface area contributed by atoms with Gasteiger partial charge in [0.15, 0.2) is 0 Å². The van der Waals surface area contributed by atoms with Gasteiger partial charge >= 0.3 is 5.97 Å². The first-order valence-electron chi connectivity index (χ1n) is 16.1. The summed E-state index contributed by atoms with van der Waals surface area (Å²) in [5.41, 5.74) is 3.99. The Labute approximate surface area is 266 Å². The van der Waals surface area contributed by atoms with E-state index in [1.54, 1.807) is 0 Å². The molecule has 1 amide bonds. The summed E-state index contributed by atoms with van der Waals surface area (Å²) >= 11 is 0. The topological polar surface area (TPSA) is 71.0 Å². The van der Waals surface area contributed by atoms with Crippen LogP contribution in [-0.2, 0) is 20.7 Å². The number of benzene rings is 4. The molecule has 1 saturated carbocycles.